The molecule has 5 rings (SSSR count). The normalized spacial score (nSPS) is 13.7. The maximum Gasteiger partial charge on any atom is 0.277 e. The van der Waals surface area contributed by atoms with Crippen LogP contribution in [0, 0.1) is 0 Å². The van der Waals surface area contributed by atoms with E-state index in [1.807, 2.05) is 42.0 Å². The van der Waals surface area contributed by atoms with E-state index < -0.39 is 9.84 Å². The second-order valence-corrected chi connectivity index (χ2v) is 10.2. The van der Waals surface area contributed by atoms with Crippen LogP contribution in [0.1, 0.15) is 28.8 Å². The first-order chi connectivity index (χ1) is 16.8. The predicted octanol–water partition coefficient (Wildman–Crippen LogP) is 3.24. The molecular formula is C25H25N5O4S. The van der Waals surface area contributed by atoms with Gasteiger partial charge in [-0.15, -0.1) is 0 Å². The zero-order valence-corrected chi connectivity index (χ0v) is 20.5. The lowest BCUT2D eigenvalue weighted by Gasteiger charge is -2.28. The summed E-state index contributed by atoms with van der Waals surface area (Å²) in [6.45, 7) is 2.40. The summed E-state index contributed by atoms with van der Waals surface area (Å²) in [6, 6.07) is 14.7. The zero-order chi connectivity index (χ0) is 24.7. The lowest BCUT2D eigenvalue weighted by molar-refractivity contribution is 0.0973. The van der Waals surface area contributed by atoms with Gasteiger partial charge in [-0.3, -0.25) is 4.79 Å². The van der Waals surface area contributed by atoms with Crippen LogP contribution in [0.15, 0.2) is 66.0 Å². The molecule has 1 aliphatic rings. The van der Waals surface area contributed by atoms with Gasteiger partial charge >= 0.3 is 0 Å². The number of sulfone groups is 1. The SMILES string of the molecule is CCc1nccn1-c1ccc(N2CCc3c(S(C)(=O)=O)nn(-c4ccc(OC)cc4)c3C2=O)cc1. The Morgan fingerprint density at radius 2 is 1.66 bits per heavy atom. The number of nitrogens with zero attached hydrogens (tertiary/aromatic N) is 5. The van der Waals surface area contributed by atoms with E-state index in [-0.39, 0.29) is 16.6 Å². The number of rotatable bonds is 6. The number of aromatic nitrogens is 4. The molecule has 4 aromatic rings. The second kappa shape index (κ2) is 8.70. The van der Waals surface area contributed by atoms with Gasteiger partial charge in [-0.1, -0.05) is 6.92 Å². The fraction of sp³-hybridized carbons (Fsp3) is 0.240. The molecule has 0 atom stereocenters. The Balaban J connectivity index is 1.55. The number of benzene rings is 2. The number of aryl methyl sites for hydroxylation is 1. The summed E-state index contributed by atoms with van der Waals surface area (Å²) in [5.41, 5.74) is 2.97. The van der Waals surface area contributed by atoms with E-state index >= 15 is 0 Å². The Bertz CT molecular complexity index is 1500. The van der Waals surface area contributed by atoms with Crippen molar-refractivity contribution in [3.8, 4) is 17.1 Å². The van der Waals surface area contributed by atoms with Crippen LogP contribution in [0.2, 0.25) is 0 Å². The largest absolute Gasteiger partial charge is 0.497 e. The molecule has 0 fully saturated rings. The van der Waals surface area contributed by atoms with Gasteiger partial charge in [0.15, 0.2) is 14.9 Å². The van der Waals surface area contributed by atoms with Gasteiger partial charge in [0.1, 0.15) is 17.3 Å². The standard InChI is InChI=1S/C25H25N5O4S/c1-4-22-26-14-16-28(22)17-5-7-18(8-6-17)29-15-13-21-23(25(29)31)30(27-24(21)35(3,32)33)19-9-11-20(34-2)12-10-19/h5-12,14,16H,4,13,15H2,1-3H3. The van der Waals surface area contributed by atoms with E-state index in [1.165, 1.54) is 4.68 Å². The second-order valence-electron chi connectivity index (χ2n) is 8.30. The Labute approximate surface area is 203 Å². The van der Waals surface area contributed by atoms with Crippen molar-refractivity contribution in [3.63, 3.8) is 0 Å². The van der Waals surface area contributed by atoms with E-state index in [2.05, 4.69) is 10.1 Å². The van der Waals surface area contributed by atoms with Crippen LogP contribution >= 0.6 is 0 Å². The molecule has 1 amide bonds. The molecule has 3 heterocycles. The molecule has 0 spiro atoms. The van der Waals surface area contributed by atoms with Gasteiger partial charge < -0.3 is 14.2 Å². The quantitative estimate of drug-likeness (QED) is 0.411. The van der Waals surface area contributed by atoms with E-state index in [0.29, 0.717) is 30.0 Å². The Hall–Kier alpha value is -3.92. The van der Waals surface area contributed by atoms with E-state index in [1.54, 1.807) is 42.5 Å². The minimum absolute atomic E-state index is 0.0566. The summed E-state index contributed by atoms with van der Waals surface area (Å²) >= 11 is 0. The Morgan fingerprint density at radius 1 is 1.00 bits per heavy atom. The molecule has 35 heavy (non-hydrogen) atoms. The average Bonchev–Trinajstić information content (AvgIpc) is 3.50. The summed E-state index contributed by atoms with van der Waals surface area (Å²) in [7, 11) is -2.06. The van der Waals surface area contributed by atoms with Crippen molar-refractivity contribution in [2.45, 2.75) is 24.8 Å². The van der Waals surface area contributed by atoms with Gasteiger partial charge in [-0.25, -0.2) is 18.1 Å². The summed E-state index contributed by atoms with van der Waals surface area (Å²) in [6.07, 6.45) is 5.97. The van der Waals surface area contributed by atoms with Gasteiger partial charge in [-0.2, -0.15) is 5.10 Å². The molecule has 0 bridgehead atoms. The predicted molar refractivity (Wildman–Crippen MR) is 132 cm³/mol. The molecular weight excluding hydrogens is 466 g/mol. The third-order valence-corrected chi connectivity index (χ3v) is 7.15. The molecule has 0 saturated carbocycles. The highest BCUT2D eigenvalue weighted by Gasteiger charge is 2.35. The van der Waals surface area contributed by atoms with Crippen LogP contribution < -0.4 is 9.64 Å². The number of ether oxygens (including phenoxy) is 1. The number of carbonyl (C=O) groups excluding carboxylic acids is 1. The maximum absolute atomic E-state index is 13.7. The molecule has 0 unspecified atom stereocenters. The number of imidazole rings is 1. The highest BCUT2D eigenvalue weighted by atomic mass is 32.2. The van der Waals surface area contributed by atoms with Gasteiger partial charge in [0, 0.05) is 48.6 Å². The number of anilines is 1. The van der Waals surface area contributed by atoms with Crippen LogP contribution in [0.3, 0.4) is 0 Å². The van der Waals surface area contributed by atoms with Crippen molar-refractivity contribution in [1.82, 2.24) is 19.3 Å². The molecule has 1 aliphatic heterocycles. The van der Waals surface area contributed by atoms with Crippen LogP contribution in [-0.2, 0) is 22.7 Å². The molecule has 9 nitrogen and oxygen atoms in total. The van der Waals surface area contributed by atoms with Gasteiger partial charge in [0.25, 0.3) is 5.91 Å². The van der Waals surface area contributed by atoms with Crippen molar-refractivity contribution < 1.29 is 17.9 Å². The lowest BCUT2D eigenvalue weighted by Crippen LogP contribution is -2.39. The number of amides is 1. The van der Waals surface area contributed by atoms with Crippen LogP contribution in [0.4, 0.5) is 5.69 Å². The molecule has 10 heteroatoms. The van der Waals surface area contributed by atoms with Crippen molar-refractivity contribution in [3.05, 3.63) is 78.0 Å². The van der Waals surface area contributed by atoms with Crippen LogP contribution in [-0.4, -0.2) is 53.6 Å². The zero-order valence-electron chi connectivity index (χ0n) is 19.7. The fourth-order valence-corrected chi connectivity index (χ4v) is 5.28. The van der Waals surface area contributed by atoms with E-state index in [0.717, 1.165) is 29.9 Å². The fourth-order valence-electron chi connectivity index (χ4n) is 4.41. The number of hydrogen-bond donors (Lipinski definition) is 0. The molecule has 180 valence electrons. The summed E-state index contributed by atoms with van der Waals surface area (Å²) in [4.78, 5) is 19.7. The topological polar surface area (TPSA) is 99.3 Å². The van der Waals surface area contributed by atoms with E-state index in [9.17, 15) is 13.2 Å². The van der Waals surface area contributed by atoms with Crippen molar-refractivity contribution in [2.24, 2.45) is 0 Å². The summed E-state index contributed by atoms with van der Waals surface area (Å²) in [5, 5.41) is 4.31. The lowest BCUT2D eigenvalue weighted by atomic mass is 10.1. The number of carbonyl (C=O) groups is 1. The molecule has 0 saturated heterocycles. The number of fused-ring (bicyclic) bond motifs is 1. The van der Waals surface area contributed by atoms with Gasteiger partial charge in [0.2, 0.25) is 0 Å². The van der Waals surface area contributed by atoms with Crippen molar-refractivity contribution in [1.29, 1.82) is 0 Å². The smallest absolute Gasteiger partial charge is 0.277 e. The number of methoxy groups -OCH3 is 1. The Morgan fingerprint density at radius 3 is 2.29 bits per heavy atom. The highest BCUT2D eigenvalue weighted by molar-refractivity contribution is 7.90. The minimum Gasteiger partial charge on any atom is -0.497 e. The Kier molecular flexibility index (Phi) is 5.68. The maximum atomic E-state index is 13.7. The first-order valence-corrected chi connectivity index (χ1v) is 13.1. The summed E-state index contributed by atoms with van der Waals surface area (Å²) < 4.78 is 33.6. The molecule has 2 aromatic carbocycles. The molecule has 2 aromatic heterocycles. The highest BCUT2D eigenvalue weighted by Crippen LogP contribution is 2.31. The van der Waals surface area contributed by atoms with Crippen molar-refractivity contribution in [2.75, 3.05) is 24.8 Å². The third kappa shape index (κ3) is 3.99. The first kappa shape index (κ1) is 22.9. The van der Waals surface area contributed by atoms with Crippen LogP contribution in [0.5, 0.6) is 5.75 Å². The van der Waals surface area contributed by atoms with E-state index in [4.69, 9.17) is 4.74 Å². The van der Waals surface area contributed by atoms with Gasteiger partial charge in [-0.05, 0) is 55.0 Å². The molecule has 0 radical (unpaired) electrons. The minimum atomic E-state index is -3.62. The third-order valence-electron chi connectivity index (χ3n) is 6.12. The molecule has 0 aliphatic carbocycles. The first-order valence-electron chi connectivity index (χ1n) is 11.2. The number of hydrogen-bond acceptors (Lipinski definition) is 6. The van der Waals surface area contributed by atoms with Crippen LogP contribution in [0.25, 0.3) is 11.4 Å². The van der Waals surface area contributed by atoms with Gasteiger partial charge in [0.05, 0.1) is 12.8 Å². The van der Waals surface area contributed by atoms with Crippen molar-refractivity contribution >= 4 is 21.4 Å². The monoisotopic (exact) mass is 491 g/mol. The average molecular weight is 492 g/mol. The summed E-state index contributed by atoms with van der Waals surface area (Å²) in [5.74, 6) is 1.30. The molecule has 0 N–H and O–H groups in total.